The van der Waals surface area contributed by atoms with Crippen LogP contribution in [0.3, 0.4) is 0 Å². The molecule has 2 aromatic heterocycles. The Morgan fingerprint density at radius 1 is 1.00 bits per heavy atom. The molecule has 5 heteroatoms. The van der Waals surface area contributed by atoms with E-state index in [1.165, 1.54) is 0 Å². The van der Waals surface area contributed by atoms with Crippen LogP contribution in [0.4, 0.5) is 17.5 Å². The van der Waals surface area contributed by atoms with Gasteiger partial charge in [-0.1, -0.05) is 50.2 Å². The number of rotatable bonds is 4. The molecule has 2 aromatic carbocycles. The molecule has 4 aromatic rings. The van der Waals surface area contributed by atoms with Crippen molar-refractivity contribution in [1.82, 2.24) is 14.5 Å². The van der Waals surface area contributed by atoms with Crippen molar-refractivity contribution in [3.05, 3.63) is 54.6 Å². The quantitative estimate of drug-likeness (QED) is 0.588. The lowest BCUT2D eigenvalue weighted by atomic mass is 10.1. The van der Waals surface area contributed by atoms with Crippen LogP contribution in [0, 0.1) is 5.92 Å². The van der Waals surface area contributed by atoms with Crippen molar-refractivity contribution in [3.63, 3.8) is 0 Å². The number of imidazole rings is 1. The van der Waals surface area contributed by atoms with E-state index in [0.717, 1.165) is 40.1 Å². The summed E-state index contributed by atoms with van der Waals surface area (Å²) in [5.74, 6) is 1.83. The number of hydrogen-bond donors (Lipinski definition) is 1. The summed E-state index contributed by atoms with van der Waals surface area (Å²) in [4.78, 5) is 11.6. The van der Waals surface area contributed by atoms with Crippen molar-refractivity contribution in [2.45, 2.75) is 20.4 Å². The molecule has 5 nitrogen and oxygen atoms in total. The highest BCUT2D eigenvalue weighted by molar-refractivity contribution is 6.07. The monoisotopic (exact) mass is 345 g/mol. The number of anilines is 3. The molecule has 0 saturated heterocycles. The maximum atomic E-state index is 6.27. The van der Waals surface area contributed by atoms with Crippen LogP contribution in [-0.2, 0) is 6.54 Å². The van der Waals surface area contributed by atoms with Crippen LogP contribution in [-0.4, -0.2) is 21.6 Å². The molecule has 0 aliphatic heterocycles. The van der Waals surface area contributed by atoms with Gasteiger partial charge in [0.2, 0.25) is 5.95 Å². The summed E-state index contributed by atoms with van der Waals surface area (Å²) in [5.41, 5.74) is 10.1. The maximum absolute atomic E-state index is 6.27. The Balaban J connectivity index is 2.04. The summed E-state index contributed by atoms with van der Waals surface area (Å²) in [6.45, 7) is 5.28. The zero-order valence-corrected chi connectivity index (χ0v) is 15.3. The largest absolute Gasteiger partial charge is 0.382 e. The third-order valence-corrected chi connectivity index (χ3v) is 4.58. The average Bonchev–Trinajstić information content (AvgIpc) is 3.01. The molecule has 0 spiro atoms. The molecule has 2 N–H and O–H groups in total. The van der Waals surface area contributed by atoms with Gasteiger partial charge >= 0.3 is 0 Å². The van der Waals surface area contributed by atoms with Crippen LogP contribution in [0.5, 0.6) is 0 Å². The molecule has 0 atom stereocenters. The summed E-state index contributed by atoms with van der Waals surface area (Å²) in [6.07, 6.45) is 0. The zero-order valence-electron chi connectivity index (χ0n) is 15.3. The van der Waals surface area contributed by atoms with Gasteiger partial charge in [-0.25, -0.2) is 9.97 Å². The number of nitrogens with zero attached hydrogens (tertiary/aromatic N) is 4. The normalized spacial score (nSPS) is 11.5. The summed E-state index contributed by atoms with van der Waals surface area (Å²) >= 11 is 0. The van der Waals surface area contributed by atoms with E-state index >= 15 is 0 Å². The van der Waals surface area contributed by atoms with E-state index in [0.29, 0.717) is 11.7 Å². The highest BCUT2D eigenvalue weighted by atomic mass is 15.3. The van der Waals surface area contributed by atoms with Crippen LogP contribution in [0.25, 0.3) is 21.9 Å². The van der Waals surface area contributed by atoms with Crippen LogP contribution < -0.4 is 10.6 Å². The van der Waals surface area contributed by atoms with Crippen LogP contribution in [0.15, 0.2) is 54.6 Å². The van der Waals surface area contributed by atoms with Gasteiger partial charge in [-0.3, -0.25) is 0 Å². The molecule has 0 aliphatic carbocycles. The molecular weight excluding hydrogens is 322 g/mol. The van der Waals surface area contributed by atoms with E-state index in [4.69, 9.17) is 10.7 Å². The fraction of sp³-hybridized carbons (Fsp3) is 0.238. The maximum Gasteiger partial charge on any atom is 0.211 e. The predicted octanol–water partition coefficient (Wildman–Crippen LogP) is 4.59. The molecule has 0 aliphatic rings. The molecular formula is C21H23N5. The van der Waals surface area contributed by atoms with Gasteiger partial charge in [-0.2, -0.15) is 0 Å². The highest BCUT2D eigenvalue weighted by Gasteiger charge is 2.20. The molecule has 26 heavy (non-hydrogen) atoms. The van der Waals surface area contributed by atoms with E-state index in [-0.39, 0.29) is 0 Å². The molecule has 0 unspecified atom stereocenters. The van der Waals surface area contributed by atoms with Crippen LogP contribution in [0.2, 0.25) is 0 Å². The van der Waals surface area contributed by atoms with E-state index in [2.05, 4.69) is 46.5 Å². The molecule has 0 radical (unpaired) electrons. The summed E-state index contributed by atoms with van der Waals surface area (Å²) in [6, 6.07) is 18.4. The number of aromatic nitrogens is 3. The van der Waals surface area contributed by atoms with Crippen LogP contribution in [0.1, 0.15) is 13.8 Å². The summed E-state index contributed by atoms with van der Waals surface area (Å²) < 4.78 is 2.27. The lowest BCUT2D eigenvalue weighted by molar-refractivity contribution is 0.534. The number of benzene rings is 2. The zero-order chi connectivity index (χ0) is 18.3. The first-order chi connectivity index (χ1) is 12.6. The first-order valence-electron chi connectivity index (χ1n) is 8.89. The van der Waals surface area contributed by atoms with E-state index in [9.17, 15) is 0 Å². The van der Waals surface area contributed by atoms with Crippen molar-refractivity contribution in [1.29, 1.82) is 0 Å². The number of para-hydroxylation sites is 2. The second kappa shape index (κ2) is 6.33. The molecule has 0 bridgehead atoms. The lowest BCUT2D eigenvalue weighted by Gasteiger charge is -2.21. The fourth-order valence-corrected chi connectivity index (χ4v) is 3.41. The van der Waals surface area contributed by atoms with Gasteiger partial charge in [0, 0.05) is 24.7 Å². The SMILES string of the molecule is CC(C)Cn1c(N(C)c2ccccc2)nc2c(N)nc3ccccc3c21. The summed E-state index contributed by atoms with van der Waals surface area (Å²) in [7, 11) is 2.04. The molecule has 0 amide bonds. The highest BCUT2D eigenvalue weighted by Crippen LogP contribution is 2.34. The number of nitrogens with two attached hydrogens (primary N) is 1. The molecule has 0 saturated carbocycles. The minimum absolute atomic E-state index is 0.475. The minimum atomic E-state index is 0.475. The van der Waals surface area contributed by atoms with E-state index in [1.54, 1.807) is 0 Å². The second-order valence-corrected chi connectivity index (χ2v) is 7.02. The smallest absolute Gasteiger partial charge is 0.211 e. The summed E-state index contributed by atoms with van der Waals surface area (Å²) in [5, 5.41) is 1.08. The molecule has 2 heterocycles. The van der Waals surface area contributed by atoms with Crippen molar-refractivity contribution in [2.75, 3.05) is 17.7 Å². The predicted molar refractivity (Wildman–Crippen MR) is 109 cm³/mol. The van der Waals surface area contributed by atoms with Gasteiger partial charge < -0.3 is 15.2 Å². The van der Waals surface area contributed by atoms with Gasteiger partial charge in [0.25, 0.3) is 0 Å². The number of fused-ring (bicyclic) bond motifs is 3. The third kappa shape index (κ3) is 2.65. The first kappa shape index (κ1) is 16.4. The van der Waals surface area contributed by atoms with Crippen molar-refractivity contribution >= 4 is 39.4 Å². The Bertz CT molecular complexity index is 1070. The van der Waals surface area contributed by atoms with Gasteiger partial charge in [0.15, 0.2) is 5.82 Å². The first-order valence-corrected chi connectivity index (χ1v) is 8.89. The van der Waals surface area contributed by atoms with Gasteiger partial charge in [-0.15, -0.1) is 0 Å². The Morgan fingerprint density at radius 2 is 1.69 bits per heavy atom. The standard InChI is InChI=1S/C21H23N5/c1-14(2)13-26-19-16-11-7-8-12-17(16)23-20(22)18(19)24-21(26)25(3)15-9-5-4-6-10-15/h4-12,14H,13H2,1-3H3,(H2,22,23). The van der Waals surface area contributed by atoms with E-state index in [1.807, 2.05) is 43.4 Å². The molecule has 4 rings (SSSR count). The Kier molecular flexibility index (Phi) is 3.99. The van der Waals surface area contributed by atoms with Gasteiger partial charge in [0.1, 0.15) is 5.52 Å². The Morgan fingerprint density at radius 3 is 2.42 bits per heavy atom. The Hall–Kier alpha value is -3.08. The lowest BCUT2D eigenvalue weighted by Crippen LogP contribution is -2.17. The molecule has 132 valence electrons. The number of hydrogen-bond acceptors (Lipinski definition) is 4. The topological polar surface area (TPSA) is 60.0 Å². The van der Waals surface area contributed by atoms with Gasteiger partial charge in [0.05, 0.1) is 11.0 Å². The van der Waals surface area contributed by atoms with Crippen molar-refractivity contribution < 1.29 is 0 Å². The second-order valence-electron chi connectivity index (χ2n) is 7.02. The van der Waals surface area contributed by atoms with E-state index < -0.39 is 0 Å². The number of nitrogen functional groups attached to an aromatic ring is 1. The van der Waals surface area contributed by atoms with Crippen molar-refractivity contribution in [2.24, 2.45) is 5.92 Å². The third-order valence-electron chi connectivity index (χ3n) is 4.58. The average molecular weight is 345 g/mol. The van der Waals surface area contributed by atoms with Gasteiger partial charge in [-0.05, 0) is 24.1 Å². The minimum Gasteiger partial charge on any atom is -0.382 e. The number of pyridine rings is 1. The van der Waals surface area contributed by atoms with Crippen molar-refractivity contribution in [3.8, 4) is 0 Å². The van der Waals surface area contributed by atoms with Crippen LogP contribution >= 0.6 is 0 Å². The molecule has 0 fully saturated rings. The Labute approximate surface area is 153 Å². The fourth-order valence-electron chi connectivity index (χ4n) is 3.41.